The highest BCUT2D eigenvalue weighted by molar-refractivity contribution is 9.10. The van der Waals surface area contributed by atoms with Gasteiger partial charge < -0.3 is 9.47 Å². The van der Waals surface area contributed by atoms with Gasteiger partial charge in [0, 0.05) is 0 Å². The first-order chi connectivity index (χ1) is 5.79. The Morgan fingerprint density at radius 2 is 1.83 bits per heavy atom. The number of hydrogen-bond acceptors (Lipinski definition) is 2. The van der Waals surface area contributed by atoms with Crippen molar-refractivity contribution in [2.75, 3.05) is 13.2 Å². The average Bonchev–Trinajstić information content (AvgIpc) is 2.12. The summed E-state index contributed by atoms with van der Waals surface area (Å²) in [5.74, 6) is 1.34. The lowest BCUT2D eigenvalue weighted by atomic mass is 10.3. The molecule has 0 bridgehead atoms. The van der Waals surface area contributed by atoms with Gasteiger partial charge in [-0.15, -0.1) is 0 Å². The molecule has 0 radical (unpaired) electrons. The molecular weight excluding hydrogens is 243 g/mol. The summed E-state index contributed by atoms with van der Waals surface area (Å²) in [5.41, 5.74) is 0. The van der Waals surface area contributed by atoms with Crippen LogP contribution in [0.15, 0.2) is 16.6 Å². The SMILES string of the molecule is Clc1ccc(Br)c2c1OCCO2. The molecule has 1 aromatic rings. The molecule has 0 unspecified atom stereocenters. The number of fused-ring (bicyclic) bond motifs is 1. The van der Waals surface area contributed by atoms with Crippen molar-refractivity contribution in [2.24, 2.45) is 0 Å². The van der Waals surface area contributed by atoms with E-state index in [2.05, 4.69) is 15.9 Å². The van der Waals surface area contributed by atoms with Gasteiger partial charge in [0.15, 0.2) is 11.5 Å². The fourth-order valence-electron chi connectivity index (χ4n) is 1.07. The Balaban J connectivity index is 2.57. The maximum atomic E-state index is 5.89. The molecule has 0 N–H and O–H groups in total. The van der Waals surface area contributed by atoms with Crippen molar-refractivity contribution in [1.82, 2.24) is 0 Å². The Morgan fingerprint density at radius 3 is 2.50 bits per heavy atom. The van der Waals surface area contributed by atoms with Crippen LogP contribution < -0.4 is 9.47 Å². The van der Waals surface area contributed by atoms with Crippen LogP contribution in [0.25, 0.3) is 0 Å². The smallest absolute Gasteiger partial charge is 0.181 e. The molecule has 0 aromatic heterocycles. The molecule has 0 atom stereocenters. The maximum Gasteiger partial charge on any atom is 0.181 e. The van der Waals surface area contributed by atoms with Crippen LogP contribution in [0.5, 0.6) is 11.5 Å². The van der Waals surface area contributed by atoms with Gasteiger partial charge in [0.25, 0.3) is 0 Å². The molecule has 0 saturated heterocycles. The minimum Gasteiger partial charge on any atom is -0.485 e. The van der Waals surface area contributed by atoms with E-state index in [1.54, 1.807) is 6.07 Å². The first-order valence-corrected chi connectivity index (χ1v) is 4.70. The van der Waals surface area contributed by atoms with E-state index in [0.29, 0.717) is 29.7 Å². The highest BCUT2D eigenvalue weighted by Gasteiger charge is 2.17. The van der Waals surface area contributed by atoms with Crippen LogP contribution in [-0.2, 0) is 0 Å². The summed E-state index contributed by atoms with van der Waals surface area (Å²) in [6.45, 7) is 1.13. The van der Waals surface area contributed by atoms with E-state index in [4.69, 9.17) is 21.1 Å². The summed E-state index contributed by atoms with van der Waals surface area (Å²) < 4.78 is 11.6. The topological polar surface area (TPSA) is 18.5 Å². The maximum absolute atomic E-state index is 5.89. The van der Waals surface area contributed by atoms with E-state index in [1.807, 2.05) is 6.07 Å². The molecule has 1 aliphatic heterocycles. The molecule has 0 spiro atoms. The first kappa shape index (κ1) is 8.20. The van der Waals surface area contributed by atoms with Gasteiger partial charge >= 0.3 is 0 Å². The van der Waals surface area contributed by atoms with Crippen molar-refractivity contribution in [3.63, 3.8) is 0 Å². The second-order valence-corrected chi connectivity index (χ2v) is 3.65. The summed E-state index contributed by atoms with van der Waals surface area (Å²) in [6.07, 6.45) is 0. The van der Waals surface area contributed by atoms with Crippen LogP contribution in [0.1, 0.15) is 0 Å². The van der Waals surface area contributed by atoms with Gasteiger partial charge in [-0.25, -0.2) is 0 Å². The lowest BCUT2D eigenvalue weighted by molar-refractivity contribution is 0.170. The number of halogens is 2. The number of rotatable bonds is 0. The average molecular weight is 249 g/mol. The fraction of sp³-hybridized carbons (Fsp3) is 0.250. The summed E-state index contributed by atoms with van der Waals surface area (Å²) in [7, 11) is 0. The number of benzene rings is 1. The lowest BCUT2D eigenvalue weighted by Gasteiger charge is -2.20. The van der Waals surface area contributed by atoms with Crippen LogP contribution in [0.2, 0.25) is 5.02 Å². The fourth-order valence-corrected chi connectivity index (χ4v) is 1.70. The van der Waals surface area contributed by atoms with Gasteiger partial charge in [0.1, 0.15) is 13.2 Å². The summed E-state index contributed by atoms with van der Waals surface area (Å²) in [6, 6.07) is 3.62. The Labute approximate surface area is 83.6 Å². The predicted octanol–water partition coefficient (Wildman–Crippen LogP) is 2.87. The van der Waals surface area contributed by atoms with Gasteiger partial charge in [-0.05, 0) is 28.1 Å². The van der Waals surface area contributed by atoms with Crippen molar-refractivity contribution >= 4 is 27.5 Å². The summed E-state index contributed by atoms with van der Waals surface area (Å²) >= 11 is 9.24. The zero-order chi connectivity index (χ0) is 8.55. The molecule has 2 nitrogen and oxygen atoms in total. The molecule has 1 aliphatic rings. The Morgan fingerprint density at radius 1 is 1.17 bits per heavy atom. The third kappa shape index (κ3) is 1.27. The van der Waals surface area contributed by atoms with Crippen LogP contribution >= 0.6 is 27.5 Å². The molecule has 0 saturated carbocycles. The van der Waals surface area contributed by atoms with Gasteiger partial charge in [-0.1, -0.05) is 11.6 Å². The Hall–Kier alpha value is -0.410. The third-order valence-corrected chi connectivity index (χ3v) is 2.51. The molecule has 1 heterocycles. The minimum absolute atomic E-state index is 0.559. The summed E-state index contributed by atoms with van der Waals surface area (Å²) in [5, 5.41) is 0.591. The molecule has 1 aromatic carbocycles. The molecule has 4 heteroatoms. The van der Waals surface area contributed by atoms with Crippen LogP contribution in [0.4, 0.5) is 0 Å². The summed E-state index contributed by atoms with van der Waals surface area (Å²) in [4.78, 5) is 0. The number of hydrogen-bond donors (Lipinski definition) is 0. The van der Waals surface area contributed by atoms with Crippen molar-refractivity contribution in [1.29, 1.82) is 0 Å². The highest BCUT2D eigenvalue weighted by Crippen LogP contribution is 2.42. The molecular formula is C8H6BrClO2. The van der Waals surface area contributed by atoms with Crippen LogP contribution in [-0.4, -0.2) is 13.2 Å². The first-order valence-electron chi connectivity index (χ1n) is 3.52. The normalized spacial score (nSPS) is 14.5. The third-order valence-electron chi connectivity index (χ3n) is 1.59. The molecule has 0 aliphatic carbocycles. The van der Waals surface area contributed by atoms with Crippen molar-refractivity contribution < 1.29 is 9.47 Å². The van der Waals surface area contributed by atoms with E-state index in [0.717, 1.165) is 4.47 Å². The Kier molecular flexibility index (Phi) is 2.15. The van der Waals surface area contributed by atoms with Gasteiger partial charge in [0.05, 0.1) is 9.50 Å². The van der Waals surface area contributed by atoms with Crippen molar-refractivity contribution in [3.05, 3.63) is 21.6 Å². The second kappa shape index (κ2) is 3.15. The molecule has 2 rings (SSSR count). The van der Waals surface area contributed by atoms with Crippen molar-refractivity contribution in [3.8, 4) is 11.5 Å². The van der Waals surface area contributed by atoms with E-state index in [1.165, 1.54) is 0 Å². The van der Waals surface area contributed by atoms with Crippen LogP contribution in [0.3, 0.4) is 0 Å². The minimum atomic E-state index is 0.559. The Bertz CT molecular complexity index is 283. The van der Waals surface area contributed by atoms with Gasteiger partial charge in [-0.2, -0.15) is 0 Å². The van der Waals surface area contributed by atoms with Gasteiger partial charge in [-0.3, -0.25) is 0 Å². The van der Waals surface area contributed by atoms with E-state index in [9.17, 15) is 0 Å². The van der Waals surface area contributed by atoms with Gasteiger partial charge in [0.2, 0.25) is 0 Å². The molecule has 12 heavy (non-hydrogen) atoms. The predicted molar refractivity (Wildman–Crippen MR) is 50.1 cm³/mol. The second-order valence-electron chi connectivity index (χ2n) is 2.38. The molecule has 0 fully saturated rings. The number of ether oxygens (including phenoxy) is 2. The van der Waals surface area contributed by atoms with E-state index < -0.39 is 0 Å². The standard InChI is InChI=1S/C8H6BrClO2/c9-5-1-2-6(10)8-7(5)11-3-4-12-8/h1-2H,3-4H2. The molecule has 64 valence electrons. The molecule has 0 amide bonds. The largest absolute Gasteiger partial charge is 0.485 e. The van der Waals surface area contributed by atoms with E-state index >= 15 is 0 Å². The van der Waals surface area contributed by atoms with Crippen LogP contribution in [0, 0.1) is 0 Å². The monoisotopic (exact) mass is 248 g/mol. The zero-order valence-electron chi connectivity index (χ0n) is 6.14. The van der Waals surface area contributed by atoms with Crippen molar-refractivity contribution in [2.45, 2.75) is 0 Å². The lowest BCUT2D eigenvalue weighted by Crippen LogP contribution is -2.15. The quantitative estimate of drug-likeness (QED) is 0.704. The van der Waals surface area contributed by atoms with E-state index in [-0.39, 0.29) is 0 Å². The zero-order valence-corrected chi connectivity index (χ0v) is 8.48. The highest BCUT2D eigenvalue weighted by atomic mass is 79.9.